The fourth-order valence-corrected chi connectivity index (χ4v) is 3.06. The third-order valence-electron chi connectivity index (χ3n) is 3.66. The van der Waals surface area contributed by atoms with Crippen LogP contribution in [0.1, 0.15) is 38.1 Å². The maximum absolute atomic E-state index is 12.7. The molecular formula is C18H24N2OS. The Labute approximate surface area is 137 Å². The highest BCUT2D eigenvalue weighted by molar-refractivity contribution is 7.10. The van der Waals surface area contributed by atoms with Crippen molar-refractivity contribution in [1.29, 1.82) is 0 Å². The lowest BCUT2D eigenvalue weighted by atomic mass is 10.1. The minimum Gasteiger partial charge on any atom is -0.317 e. The molecule has 2 rings (SSSR count). The average Bonchev–Trinajstić information content (AvgIpc) is 3.02. The zero-order valence-electron chi connectivity index (χ0n) is 13.5. The lowest BCUT2D eigenvalue weighted by Gasteiger charge is -2.29. The van der Waals surface area contributed by atoms with Gasteiger partial charge in [0.1, 0.15) is 0 Å². The van der Waals surface area contributed by atoms with Crippen molar-refractivity contribution in [3.05, 3.63) is 52.7 Å². The molecule has 0 aliphatic carbocycles. The molecule has 118 valence electrons. The van der Waals surface area contributed by atoms with Crippen molar-refractivity contribution >= 4 is 23.1 Å². The van der Waals surface area contributed by atoms with Crippen LogP contribution in [0.2, 0.25) is 0 Å². The molecule has 0 aliphatic rings. The number of hydrogen-bond donors (Lipinski definition) is 1. The van der Waals surface area contributed by atoms with Crippen LogP contribution in [0.15, 0.2) is 47.8 Å². The molecule has 1 atom stereocenters. The topological polar surface area (TPSA) is 32.3 Å². The maximum Gasteiger partial charge on any atom is 0.322 e. The smallest absolute Gasteiger partial charge is 0.317 e. The lowest BCUT2D eigenvalue weighted by molar-refractivity contribution is 0.190. The number of carbonyl (C=O) groups is 1. The van der Waals surface area contributed by atoms with E-state index in [9.17, 15) is 4.79 Å². The second-order valence-corrected chi connectivity index (χ2v) is 6.84. The van der Waals surface area contributed by atoms with Crippen LogP contribution in [-0.2, 0) is 0 Å². The predicted molar refractivity (Wildman–Crippen MR) is 94.4 cm³/mol. The number of rotatable bonds is 6. The molecule has 0 spiro atoms. The van der Waals surface area contributed by atoms with Gasteiger partial charge in [0, 0.05) is 17.1 Å². The minimum atomic E-state index is -0.0345. The van der Waals surface area contributed by atoms with Gasteiger partial charge in [-0.15, -0.1) is 11.3 Å². The highest BCUT2D eigenvalue weighted by Gasteiger charge is 2.22. The van der Waals surface area contributed by atoms with E-state index in [1.807, 2.05) is 41.3 Å². The Morgan fingerprint density at radius 1 is 1.14 bits per heavy atom. The molecule has 1 N–H and O–H groups in total. The summed E-state index contributed by atoms with van der Waals surface area (Å²) in [4.78, 5) is 15.8. The Bertz CT molecular complexity index is 566. The second kappa shape index (κ2) is 7.99. The molecule has 0 fully saturated rings. The molecule has 22 heavy (non-hydrogen) atoms. The molecule has 1 aromatic heterocycles. The van der Waals surface area contributed by atoms with E-state index >= 15 is 0 Å². The van der Waals surface area contributed by atoms with Crippen molar-refractivity contribution < 1.29 is 4.79 Å². The van der Waals surface area contributed by atoms with Crippen LogP contribution >= 0.6 is 11.3 Å². The SMILES string of the molecule is CC(C)CCN(C(=O)Nc1ccccc1)[C@H](C)c1cccs1. The average molecular weight is 316 g/mol. The molecule has 0 saturated carbocycles. The summed E-state index contributed by atoms with van der Waals surface area (Å²) in [5.41, 5.74) is 0.834. The Morgan fingerprint density at radius 2 is 1.86 bits per heavy atom. The number of urea groups is 1. The van der Waals surface area contributed by atoms with Gasteiger partial charge in [-0.05, 0) is 42.8 Å². The third-order valence-corrected chi connectivity index (χ3v) is 4.70. The summed E-state index contributed by atoms with van der Waals surface area (Å²) in [6.07, 6.45) is 0.998. The van der Waals surface area contributed by atoms with E-state index < -0.39 is 0 Å². The van der Waals surface area contributed by atoms with E-state index in [1.54, 1.807) is 11.3 Å². The summed E-state index contributed by atoms with van der Waals surface area (Å²) >= 11 is 1.70. The van der Waals surface area contributed by atoms with Crippen LogP contribution in [0, 0.1) is 5.92 Å². The largest absolute Gasteiger partial charge is 0.322 e. The van der Waals surface area contributed by atoms with Crippen LogP contribution in [-0.4, -0.2) is 17.5 Å². The highest BCUT2D eigenvalue weighted by Crippen LogP contribution is 2.26. The number of anilines is 1. The number of amides is 2. The molecule has 0 aliphatic heterocycles. The van der Waals surface area contributed by atoms with Crippen LogP contribution in [0.25, 0.3) is 0 Å². The molecule has 4 heteroatoms. The Morgan fingerprint density at radius 3 is 2.45 bits per heavy atom. The monoisotopic (exact) mass is 316 g/mol. The molecule has 2 amide bonds. The standard InChI is InChI=1S/C18H24N2OS/c1-14(2)11-12-20(15(3)17-10-7-13-22-17)18(21)19-16-8-5-4-6-9-16/h4-10,13-15H,11-12H2,1-3H3,(H,19,21)/t15-/m1/s1. The Balaban J connectivity index is 2.10. The normalized spacial score (nSPS) is 12.2. The predicted octanol–water partition coefficient (Wildman–Crippen LogP) is 5.39. The highest BCUT2D eigenvalue weighted by atomic mass is 32.1. The summed E-state index contributed by atoms with van der Waals surface area (Å²) in [5, 5.41) is 5.06. The number of nitrogens with zero attached hydrogens (tertiary/aromatic N) is 1. The van der Waals surface area contributed by atoms with Gasteiger partial charge in [0.25, 0.3) is 0 Å². The van der Waals surface area contributed by atoms with E-state index in [0.29, 0.717) is 5.92 Å². The first-order valence-electron chi connectivity index (χ1n) is 7.74. The number of hydrogen-bond acceptors (Lipinski definition) is 2. The number of benzene rings is 1. The van der Waals surface area contributed by atoms with E-state index in [0.717, 1.165) is 18.7 Å². The van der Waals surface area contributed by atoms with Crippen molar-refractivity contribution in [1.82, 2.24) is 4.90 Å². The van der Waals surface area contributed by atoms with E-state index in [2.05, 4.69) is 37.5 Å². The van der Waals surface area contributed by atoms with Crippen molar-refractivity contribution in [2.24, 2.45) is 5.92 Å². The molecule has 0 bridgehead atoms. The van der Waals surface area contributed by atoms with Gasteiger partial charge in [-0.3, -0.25) is 0 Å². The molecule has 0 saturated heterocycles. The third kappa shape index (κ3) is 4.60. The van der Waals surface area contributed by atoms with Crippen LogP contribution in [0.4, 0.5) is 10.5 Å². The number of nitrogens with one attached hydrogen (secondary N) is 1. The molecule has 0 unspecified atom stereocenters. The van der Waals surface area contributed by atoms with Gasteiger partial charge < -0.3 is 10.2 Å². The summed E-state index contributed by atoms with van der Waals surface area (Å²) in [6, 6.07) is 13.8. The van der Waals surface area contributed by atoms with Gasteiger partial charge in [0.2, 0.25) is 0 Å². The number of thiophene rings is 1. The summed E-state index contributed by atoms with van der Waals surface area (Å²) in [7, 11) is 0. The first kappa shape index (κ1) is 16.6. The Hall–Kier alpha value is -1.81. The van der Waals surface area contributed by atoms with Crippen LogP contribution in [0.3, 0.4) is 0 Å². The first-order valence-corrected chi connectivity index (χ1v) is 8.62. The molecule has 1 aromatic carbocycles. The van der Waals surface area contributed by atoms with Crippen molar-refractivity contribution in [2.45, 2.75) is 33.2 Å². The summed E-state index contributed by atoms with van der Waals surface area (Å²) < 4.78 is 0. The quantitative estimate of drug-likeness (QED) is 0.761. The molecular weight excluding hydrogens is 292 g/mol. The summed E-state index contributed by atoms with van der Waals surface area (Å²) in [5.74, 6) is 0.572. The zero-order valence-corrected chi connectivity index (χ0v) is 14.3. The first-order chi connectivity index (χ1) is 10.6. The van der Waals surface area contributed by atoms with Gasteiger partial charge in [0.15, 0.2) is 0 Å². The molecule has 3 nitrogen and oxygen atoms in total. The second-order valence-electron chi connectivity index (χ2n) is 5.86. The van der Waals surface area contributed by atoms with E-state index in [-0.39, 0.29) is 12.1 Å². The van der Waals surface area contributed by atoms with E-state index in [4.69, 9.17) is 0 Å². The van der Waals surface area contributed by atoms with Crippen LogP contribution in [0.5, 0.6) is 0 Å². The van der Waals surface area contributed by atoms with Gasteiger partial charge in [-0.1, -0.05) is 38.1 Å². The number of carbonyl (C=O) groups excluding carboxylic acids is 1. The van der Waals surface area contributed by atoms with Crippen molar-refractivity contribution in [3.63, 3.8) is 0 Å². The van der Waals surface area contributed by atoms with E-state index in [1.165, 1.54) is 4.88 Å². The van der Waals surface area contributed by atoms with Crippen molar-refractivity contribution in [3.8, 4) is 0 Å². The van der Waals surface area contributed by atoms with Crippen LogP contribution < -0.4 is 5.32 Å². The molecule has 2 aromatic rings. The zero-order chi connectivity index (χ0) is 15.9. The maximum atomic E-state index is 12.7. The molecule has 0 radical (unpaired) electrons. The van der Waals surface area contributed by atoms with Gasteiger partial charge in [-0.2, -0.15) is 0 Å². The van der Waals surface area contributed by atoms with Gasteiger partial charge in [0.05, 0.1) is 6.04 Å². The fraction of sp³-hybridized carbons (Fsp3) is 0.389. The van der Waals surface area contributed by atoms with Crippen molar-refractivity contribution in [2.75, 3.05) is 11.9 Å². The Kier molecular flexibility index (Phi) is 6.01. The van der Waals surface area contributed by atoms with Gasteiger partial charge >= 0.3 is 6.03 Å². The van der Waals surface area contributed by atoms with Gasteiger partial charge in [-0.25, -0.2) is 4.79 Å². The molecule has 1 heterocycles. The minimum absolute atomic E-state index is 0.0345. The lowest BCUT2D eigenvalue weighted by Crippen LogP contribution is -2.38. The fourth-order valence-electron chi connectivity index (χ4n) is 2.27. The summed E-state index contributed by atoms with van der Waals surface area (Å²) in [6.45, 7) is 7.22. The number of para-hydroxylation sites is 1.